The van der Waals surface area contributed by atoms with E-state index in [2.05, 4.69) is 191 Å². The lowest BCUT2D eigenvalue weighted by Crippen LogP contribution is -1.94. The molecule has 0 fully saturated rings. The van der Waals surface area contributed by atoms with E-state index in [9.17, 15) is 0 Å². The summed E-state index contributed by atoms with van der Waals surface area (Å²) < 4.78 is 11.1. The van der Waals surface area contributed by atoms with Crippen LogP contribution in [-0.2, 0) is 0 Å². The zero-order valence-electron chi connectivity index (χ0n) is 29.8. The molecule has 0 unspecified atom stereocenters. The average Bonchev–Trinajstić information content (AvgIpc) is 3.89. The van der Waals surface area contributed by atoms with Gasteiger partial charge in [-0.15, -0.1) is 0 Å². The fourth-order valence-corrected chi connectivity index (χ4v) is 8.90. The van der Waals surface area contributed by atoms with Crippen molar-refractivity contribution >= 4 is 76.3 Å². The molecule has 0 radical (unpaired) electrons. The van der Waals surface area contributed by atoms with Crippen molar-refractivity contribution in [2.24, 2.45) is 0 Å². The Kier molecular flexibility index (Phi) is 6.34. The fraction of sp³-hybridized carbons (Fsp3) is 0. The molecule has 3 heteroatoms. The standard InChI is InChI=1S/C52H32N2O/c1-2-11-33(12-3-1)34-15-10-16-39(27-34)54-49-26-22-38(30-45(49)46-28-35-13-4-5-14-36(35)31-50(46)54)37-21-25-48-44(29-37)41-17-6-8-19-47(41)53(48)40-23-24-43-42-18-7-9-20-51(42)55-52(43)32-40/h1-32H. The first-order chi connectivity index (χ1) is 27.2. The number of furan rings is 1. The summed E-state index contributed by atoms with van der Waals surface area (Å²) in [5, 5.41) is 9.70. The highest BCUT2D eigenvalue weighted by Crippen LogP contribution is 2.40. The van der Waals surface area contributed by atoms with E-state index >= 15 is 0 Å². The molecule has 12 aromatic rings. The van der Waals surface area contributed by atoms with Crippen molar-refractivity contribution in [3.05, 3.63) is 194 Å². The zero-order chi connectivity index (χ0) is 36.0. The van der Waals surface area contributed by atoms with Crippen molar-refractivity contribution in [3.8, 4) is 33.6 Å². The highest BCUT2D eigenvalue weighted by atomic mass is 16.3. The zero-order valence-corrected chi connectivity index (χ0v) is 29.8. The number of nitrogens with zero attached hydrogens (tertiary/aromatic N) is 2. The van der Waals surface area contributed by atoms with E-state index < -0.39 is 0 Å². The number of hydrogen-bond acceptors (Lipinski definition) is 1. The maximum absolute atomic E-state index is 6.32. The molecule has 3 aromatic heterocycles. The monoisotopic (exact) mass is 700 g/mol. The largest absolute Gasteiger partial charge is 0.456 e. The molecule has 0 spiro atoms. The Hall–Kier alpha value is -7.36. The normalized spacial score (nSPS) is 12.0. The molecule has 3 heterocycles. The minimum Gasteiger partial charge on any atom is -0.456 e. The SMILES string of the molecule is c1ccc(-c2cccc(-n3c4ccc(-c5ccc6c(c5)c5ccccc5n6-c5ccc6c(c5)oc5ccccc56)cc4c4cc5ccccc5cc43)c2)cc1. The molecule has 256 valence electrons. The van der Waals surface area contributed by atoms with Crippen LogP contribution in [-0.4, -0.2) is 9.13 Å². The topological polar surface area (TPSA) is 23.0 Å². The molecule has 3 nitrogen and oxygen atoms in total. The summed E-state index contributed by atoms with van der Waals surface area (Å²) in [5.74, 6) is 0. The van der Waals surface area contributed by atoms with E-state index in [-0.39, 0.29) is 0 Å². The Morgan fingerprint density at radius 3 is 1.65 bits per heavy atom. The minimum atomic E-state index is 0.897. The van der Waals surface area contributed by atoms with Crippen molar-refractivity contribution in [2.75, 3.05) is 0 Å². The van der Waals surface area contributed by atoms with Crippen LogP contribution in [0.15, 0.2) is 199 Å². The van der Waals surface area contributed by atoms with E-state index in [0.29, 0.717) is 0 Å². The number of aromatic nitrogens is 2. The Morgan fingerprint density at radius 2 is 0.836 bits per heavy atom. The van der Waals surface area contributed by atoms with E-state index in [1.807, 2.05) is 12.1 Å². The van der Waals surface area contributed by atoms with Crippen LogP contribution in [0.25, 0.3) is 110 Å². The van der Waals surface area contributed by atoms with Crippen LogP contribution in [0.2, 0.25) is 0 Å². The number of rotatable bonds is 4. The van der Waals surface area contributed by atoms with Gasteiger partial charge in [-0.1, -0.05) is 115 Å². The maximum Gasteiger partial charge on any atom is 0.137 e. The molecule has 9 aromatic carbocycles. The Morgan fingerprint density at radius 1 is 0.273 bits per heavy atom. The number of benzene rings is 9. The molecule has 12 rings (SSSR count). The molecule has 0 atom stereocenters. The van der Waals surface area contributed by atoms with Gasteiger partial charge in [0.05, 0.1) is 22.1 Å². The predicted octanol–water partition coefficient (Wildman–Crippen LogP) is 14.3. The summed E-state index contributed by atoms with van der Waals surface area (Å²) >= 11 is 0. The van der Waals surface area contributed by atoms with Gasteiger partial charge in [-0.3, -0.25) is 0 Å². The summed E-state index contributed by atoms with van der Waals surface area (Å²) in [4.78, 5) is 0. The molecule has 0 amide bonds. The van der Waals surface area contributed by atoms with Crippen molar-refractivity contribution in [1.82, 2.24) is 9.13 Å². The summed E-state index contributed by atoms with van der Waals surface area (Å²) in [6.45, 7) is 0. The maximum atomic E-state index is 6.32. The third kappa shape index (κ3) is 4.57. The van der Waals surface area contributed by atoms with E-state index in [0.717, 1.165) is 33.3 Å². The van der Waals surface area contributed by atoms with E-state index in [1.54, 1.807) is 0 Å². The van der Waals surface area contributed by atoms with Gasteiger partial charge in [-0.2, -0.15) is 0 Å². The first-order valence-electron chi connectivity index (χ1n) is 18.8. The van der Waals surface area contributed by atoms with Crippen molar-refractivity contribution in [1.29, 1.82) is 0 Å². The van der Waals surface area contributed by atoms with Gasteiger partial charge in [0.1, 0.15) is 11.2 Å². The second kappa shape index (κ2) is 11.6. The summed E-state index contributed by atoms with van der Waals surface area (Å²) in [7, 11) is 0. The van der Waals surface area contributed by atoms with E-state index in [1.165, 1.54) is 76.6 Å². The van der Waals surface area contributed by atoms with Crippen LogP contribution in [0.5, 0.6) is 0 Å². The third-order valence-corrected chi connectivity index (χ3v) is 11.5. The van der Waals surface area contributed by atoms with Crippen LogP contribution >= 0.6 is 0 Å². The number of hydrogen-bond donors (Lipinski definition) is 0. The third-order valence-electron chi connectivity index (χ3n) is 11.5. The number of fused-ring (bicyclic) bond motifs is 10. The Labute approximate surface area is 316 Å². The van der Waals surface area contributed by atoms with Gasteiger partial charge < -0.3 is 13.6 Å². The molecule has 0 aliphatic heterocycles. The lowest BCUT2D eigenvalue weighted by Gasteiger charge is -2.11. The summed E-state index contributed by atoms with van der Waals surface area (Å²) in [6, 6.07) is 70.4. The van der Waals surface area contributed by atoms with Gasteiger partial charge in [-0.25, -0.2) is 0 Å². The summed E-state index contributed by atoms with van der Waals surface area (Å²) in [6.07, 6.45) is 0. The lowest BCUT2D eigenvalue weighted by atomic mass is 10.00. The van der Waals surface area contributed by atoms with Crippen molar-refractivity contribution < 1.29 is 4.42 Å². The van der Waals surface area contributed by atoms with Gasteiger partial charge >= 0.3 is 0 Å². The number of para-hydroxylation sites is 2. The van der Waals surface area contributed by atoms with Crippen LogP contribution in [0, 0.1) is 0 Å². The van der Waals surface area contributed by atoms with Crippen LogP contribution in [0.4, 0.5) is 0 Å². The molecule has 0 saturated carbocycles. The Balaban J connectivity index is 1.05. The van der Waals surface area contributed by atoms with Crippen molar-refractivity contribution in [2.45, 2.75) is 0 Å². The van der Waals surface area contributed by atoms with E-state index in [4.69, 9.17) is 4.42 Å². The van der Waals surface area contributed by atoms with Crippen LogP contribution in [0.1, 0.15) is 0 Å². The van der Waals surface area contributed by atoms with Gasteiger partial charge in [0.15, 0.2) is 0 Å². The van der Waals surface area contributed by atoms with Gasteiger partial charge in [0, 0.05) is 49.8 Å². The molecule has 55 heavy (non-hydrogen) atoms. The first kappa shape index (κ1) is 30.1. The highest BCUT2D eigenvalue weighted by Gasteiger charge is 2.18. The van der Waals surface area contributed by atoms with Crippen LogP contribution < -0.4 is 0 Å². The van der Waals surface area contributed by atoms with Gasteiger partial charge in [-0.05, 0) is 106 Å². The van der Waals surface area contributed by atoms with Gasteiger partial charge in [0.25, 0.3) is 0 Å². The van der Waals surface area contributed by atoms with Crippen LogP contribution in [0.3, 0.4) is 0 Å². The molecule has 0 bridgehead atoms. The molecular formula is C52H32N2O. The fourth-order valence-electron chi connectivity index (χ4n) is 8.90. The molecule has 0 aliphatic rings. The Bertz CT molecular complexity index is 3490. The molecule has 0 saturated heterocycles. The molecular weight excluding hydrogens is 669 g/mol. The average molecular weight is 701 g/mol. The quantitative estimate of drug-likeness (QED) is 0.179. The van der Waals surface area contributed by atoms with Crippen molar-refractivity contribution in [3.63, 3.8) is 0 Å². The lowest BCUT2D eigenvalue weighted by molar-refractivity contribution is 0.668. The molecule has 0 aliphatic carbocycles. The highest BCUT2D eigenvalue weighted by molar-refractivity contribution is 6.15. The second-order valence-corrected chi connectivity index (χ2v) is 14.6. The summed E-state index contributed by atoms with van der Waals surface area (Å²) in [5.41, 5.74) is 13.6. The predicted molar refractivity (Wildman–Crippen MR) is 231 cm³/mol. The smallest absolute Gasteiger partial charge is 0.137 e. The molecule has 0 N–H and O–H groups in total. The van der Waals surface area contributed by atoms with Gasteiger partial charge in [0.2, 0.25) is 0 Å². The second-order valence-electron chi connectivity index (χ2n) is 14.6. The minimum absolute atomic E-state index is 0.897. The first-order valence-corrected chi connectivity index (χ1v) is 18.8.